The van der Waals surface area contributed by atoms with E-state index in [0.717, 1.165) is 30.6 Å². The van der Waals surface area contributed by atoms with Gasteiger partial charge in [-0.3, -0.25) is 4.79 Å². The number of nitrogens with one attached hydrogen (secondary N) is 1. The zero-order valence-corrected chi connectivity index (χ0v) is 26.2. The monoisotopic (exact) mass is 547 g/mol. The third kappa shape index (κ3) is 4.91. The molecule has 0 heterocycles. The molecule has 5 fully saturated rings. The van der Waals surface area contributed by atoms with Gasteiger partial charge in [0, 0.05) is 12.0 Å². The largest absolute Gasteiger partial charge is 0.393 e. The number of hydrogen-bond donors (Lipinski definition) is 2. The Kier molecular flexibility index (Phi) is 8.39. The average Bonchev–Trinajstić information content (AvgIpc) is 3.34. The third-order valence-corrected chi connectivity index (χ3v) is 13.4. The lowest BCUT2D eigenvalue weighted by atomic mass is 9.36. The molecule has 6 rings (SSSR count). The summed E-state index contributed by atoms with van der Waals surface area (Å²) in [6.07, 6.45) is 16.8. The van der Waals surface area contributed by atoms with E-state index in [1.807, 2.05) is 13.0 Å². The topological polar surface area (TPSA) is 49.3 Å². The van der Waals surface area contributed by atoms with Crippen molar-refractivity contribution in [2.75, 3.05) is 0 Å². The van der Waals surface area contributed by atoms with Crippen LogP contribution in [0.5, 0.6) is 0 Å². The first-order chi connectivity index (χ1) is 19.0. The molecule has 222 valence electrons. The van der Waals surface area contributed by atoms with E-state index in [2.05, 4.69) is 63.9 Å². The van der Waals surface area contributed by atoms with Gasteiger partial charge < -0.3 is 10.4 Å². The van der Waals surface area contributed by atoms with Crippen LogP contribution in [0.15, 0.2) is 43.0 Å². The van der Waals surface area contributed by atoms with Crippen LogP contribution in [0.2, 0.25) is 0 Å². The molecular formula is C37H57NO2. The lowest BCUT2D eigenvalue weighted by Gasteiger charge is -2.69. The Labute approximate surface area is 245 Å². The molecule has 5 aliphatic rings. The van der Waals surface area contributed by atoms with Gasteiger partial charge in [-0.2, -0.15) is 0 Å². The fraction of sp³-hybridized carbons (Fsp3) is 0.757. The summed E-state index contributed by atoms with van der Waals surface area (Å²) in [5.41, 5.74) is 2.11. The van der Waals surface area contributed by atoms with Crippen LogP contribution in [0.4, 0.5) is 0 Å². The summed E-state index contributed by atoms with van der Waals surface area (Å²) in [6, 6.07) is 10.5. The Balaban J connectivity index is 0.00000103. The molecule has 5 saturated carbocycles. The van der Waals surface area contributed by atoms with E-state index in [4.69, 9.17) is 0 Å². The highest BCUT2D eigenvalue weighted by atomic mass is 16.3. The van der Waals surface area contributed by atoms with Gasteiger partial charge in [-0.05, 0) is 129 Å². The van der Waals surface area contributed by atoms with Crippen molar-refractivity contribution in [1.82, 2.24) is 5.32 Å². The smallest absolute Gasteiger partial charge is 0.220 e. The molecule has 1 aromatic carbocycles. The van der Waals surface area contributed by atoms with Crippen molar-refractivity contribution < 1.29 is 9.90 Å². The van der Waals surface area contributed by atoms with Gasteiger partial charge >= 0.3 is 0 Å². The maximum absolute atomic E-state index is 13.2. The number of allylic oxidation sites excluding steroid dienone is 1. The maximum atomic E-state index is 13.2. The summed E-state index contributed by atoms with van der Waals surface area (Å²) >= 11 is 0. The lowest BCUT2D eigenvalue weighted by molar-refractivity contribution is -0.211. The number of aliphatic hydroxyl groups is 1. The van der Waals surface area contributed by atoms with Crippen LogP contribution >= 0.6 is 0 Å². The molecule has 9 unspecified atom stereocenters. The number of rotatable bonds is 4. The van der Waals surface area contributed by atoms with Gasteiger partial charge in [0.1, 0.15) is 0 Å². The second-order valence-electron chi connectivity index (χ2n) is 15.5. The first-order valence-electron chi connectivity index (χ1n) is 16.6. The first kappa shape index (κ1) is 29.9. The van der Waals surface area contributed by atoms with Gasteiger partial charge in [-0.25, -0.2) is 0 Å². The average molecular weight is 548 g/mol. The van der Waals surface area contributed by atoms with E-state index >= 15 is 0 Å². The zero-order valence-electron chi connectivity index (χ0n) is 26.2. The van der Waals surface area contributed by atoms with Crippen LogP contribution in [0.25, 0.3) is 0 Å². The minimum Gasteiger partial charge on any atom is -0.393 e. The van der Waals surface area contributed by atoms with Crippen LogP contribution in [0, 0.1) is 45.8 Å². The molecule has 2 N–H and O–H groups in total. The van der Waals surface area contributed by atoms with Crippen molar-refractivity contribution in [1.29, 1.82) is 0 Å². The van der Waals surface area contributed by atoms with Gasteiger partial charge in [0.05, 0.1) is 6.10 Å². The summed E-state index contributed by atoms with van der Waals surface area (Å²) < 4.78 is 0. The first-order valence-corrected chi connectivity index (χ1v) is 16.6. The number of carbonyl (C=O) groups is 1. The molecule has 0 spiro atoms. The quantitative estimate of drug-likeness (QED) is 0.371. The molecule has 3 heteroatoms. The fourth-order valence-corrected chi connectivity index (χ4v) is 11.7. The molecule has 9 atom stereocenters. The molecule has 0 aliphatic heterocycles. The number of benzene rings is 1. The minimum atomic E-state index is -0.148. The number of aryl methyl sites for hydroxylation is 1. The molecule has 0 bridgehead atoms. The molecule has 5 aliphatic carbocycles. The Bertz CT molecular complexity index is 1050. The SMILES string of the molecule is C=CC.CC1(C)C(O)CCC2(C)C1CCC1(C)C3CCC4(NC(=O)CCc5ccccc5)CCCC4C3CCC12. The highest BCUT2D eigenvalue weighted by molar-refractivity contribution is 5.77. The molecule has 40 heavy (non-hydrogen) atoms. The van der Waals surface area contributed by atoms with Crippen LogP contribution in [-0.4, -0.2) is 22.7 Å². The van der Waals surface area contributed by atoms with Crippen molar-refractivity contribution in [3.8, 4) is 0 Å². The van der Waals surface area contributed by atoms with Crippen molar-refractivity contribution >= 4 is 5.91 Å². The molecular weight excluding hydrogens is 490 g/mol. The number of fused-ring (bicyclic) bond motifs is 7. The fourth-order valence-electron chi connectivity index (χ4n) is 11.7. The normalized spacial score (nSPS) is 43.0. The van der Waals surface area contributed by atoms with Gasteiger partial charge in [0.2, 0.25) is 5.91 Å². The molecule has 3 nitrogen and oxygen atoms in total. The van der Waals surface area contributed by atoms with Gasteiger partial charge in [0.15, 0.2) is 0 Å². The van der Waals surface area contributed by atoms with Crippen LogP contribution in [-0.2, 0) is 11.2 Å². The van der Waals surface area contributed by atoms with Crippen LogP contribution in [0.3, 0.4) is 0 Å². The van der Waals surface area contributed by atoms with E-state index < -0.39 is 0 Å². The molecule has 0 saturated heterocycles. The van der Waals surface area contributed by atoms with Crippen molar-refractivity contribution in [2.24, 2.45) is 45.8 Å². The second kappa shape index (κ2) is 11.2. The Morgan fingerprint density at radius 2 is 1.60 bits per heavy atom. The van der Waals surface area contributed by atoms with Crippen LogP contribution in [0.1, 0.15) is 117 Å². The highest BCUT2D eigenvalue weighted by Gasteiger charge is 2.66. The Morgan fingerprint density at radius 1 is 0.900 bits per heavy atom. The third-order valence-electron chi connectivity index (χ3n) is 13.4. The number of aliphatic hydroxyl groups excluding tert-OH is 1. The summed E-state index contributed by atoms with van der Waals surface area (Å²) in [4.78, 5) is 13.2. The Morgan fingerprint density at radius 3 is 2.33 bits per heavy atom. The van der Waals surface area contributed by atoms with E-state index in [1.54, 1.807) is 6.08 Å². The lowest BCUT2D eigenvalue weighted by Crippen LogP contribution is -2.65. The van der Waals surface area contributed by atoms with E-state index in [0.29, 0.717) is 29.1 Å². The molecule has 1 aromatic rings. The van der Waals surface area contributed by atoms with E-state index in [1.165, 1.54) is 69.8 Å². The summed E-state index contributed by atoms with van der Waals surface area (Å²) in [5.74, 6) is 3.92. The van der Waals surface area contributed by atoms with Crippen molar-refractivity contribution in [3.05, 3.63) is 48.6 Å². The van der Waals surface area contributed by atoms with Gasteiger partial charge in [0.25, 0.3) is 0 Å². The standard InChI is InChI=1S/C34H51NO2.C3H6/c1-31(2)27-17-20-32(3)25-16-22-34(35-30(37)15-12-23-9-6-5-7-10-23)19-8-11-26(34)24(25)13-14-28(32)33(27,4)21-18-29(31)36;1-3-2/h5-7,9-10,24-29,36H,8,11-22H2,1-4H3,(H,35,37);3H,1H2,2H3. The molecule has 1 amide bonds. The molecule has 0 aromatic heterocycles. The minimum absolute atomic E-state index is 0.0301. The number of carbonyl (C=O) groups excluding carboxylic acids is 1. The number of hydrogen-bond acceptors (Lipinski definition) is 2. The maximum Gasteiger partial charge on any atom is 0.220 e. The highest BCUT2D eigenvalue weighted by Crippen LogP contribution is 2.72. The summed E-state index contributed by atoms with van der Waals surface area (Å²) in [6.45, 7) is 15.2. The predicted molar refractivity (Wildman–Crippen MR) is 166 cm³/mol. The van der Waals surface area contributed by atoms with E-state index in [9.17, 15) is 9.90 Å². The summed E-state index contributed by atoms with van der Waals surface area (Å²) in [5, 5.41) is 14.6. The zero-order chi connectivity index (χ0) is 28.8. The Hall–Kier alpha value is -1.61. The van der Waals surface area contributed by atoms with E-state index in [-0.39, 0.29) is 23.0 Å². The van der Waals surface area contributed by atoms with Crippen molar-refractivity contribution in [3.63, 3.8) is 0 Å². The van der Waals surface area contributed by atoms with Gasteiger partial charge in [-0.15, -0.1) is 6.58 Å². The van der Waals surface area contributed by atoms with Gasteiger partial charge in [-0.1, -0.05) is 70.5 Å². The van der Waals surface area contributed by atoms with Crippen molar-refractivity contribution in [2.45, 2.75) is 130 Å². The van der Waals surface area contributed by atoms with Crippen LogP contribution < -0.4 is 5.32 Å². The second-order valence-corrected chi connectivity index (χ2v) is 15.5. The summed E-state index contributed by atoms with van der Waals surface area (Å²) in [7, 11) is 0. The molecule has 0 radical (unpaired) electrons. The predicted octanol–water partition coefficient (Wildman–Crippen LogP) is 8.51. The number of amides is 1.